The van der Waals surface area contributed by atoms with Crippen LogP contribution in [0.3, 0.4) is 0 Å². The van der Waals surface area contributed by atoms with Gasteiger partial charge in [-0.25, -0.2) is 0 Å². The van der Waals surface area contributed by atoms with Gasteiger partial charge in [-0.1, -0.05) is 30.3 Å². The maximum atomic E-state index is 8.83. The molecule has 1 heterocycles. The summed E-state index contributed by atoms with van der Waals surface area (Å²) in [6.07, 6.45) is 4.84. The van der Waals surface area contributed by atoms with Gasteiger partial charge in [0.15, 0.2) is 0 Å². The molecule has 0 amide bonds. The van der Waals surface area contributed by atoms with E-state index in [4.69, 9.17) is 5.11 Å². The Bertz CT molecular complexity index is 481. The van der Waals surface area contributed by atoms with Gasteiger partial charge in [0.2, 0.25) is 0 Å². The van der Waals surface area contributed by atoms with Crippen LogP contribution in [0.4, 0.5) is 0 Å². The molecule has 4 nitrogen and oxygen atoms in total. The molecule has 1 aromatic carbocycles. The summed E-state index contributed by atoms with van der Waals surface area (Å²) in [5.41, 5.74) is 2.49. The minimum Gasteiger partial charge on any atom is -0.394 e. The molecule has 0 saturated heterocycles. The molecule has 19 heavy (non-hydrogen) atoms. The van der Waals surface area contributed by atoms with Crippen LogP contribution in [0.1, 0.15) is 18.1 Å². The van der Waals surface area contributed by atoms with E-state index >= 15 is 0 Å². The Kier molecular flexibility index (Phi) is 5.12. The van der Waals surface area contributed by atoms with E-state index in [1.54, 1.807) is 4.68 Å². The van der Waals surface area contributed by atoms with Gasteiger partial charge in [-0.15, -0.1) is 0 Å². The van der Waals surface area contributed by atoms with Crippen LogP contribution >= 0.6 is 0 Å². The van der Waals surface area contributed by atoms with Crippen molar-refractivity contribution in [2.24, 2.45) is 0 Å². The number of aromatic nitrogens is 2. The molecule has 0 aliphatic heterocycles. The molecule has 0 aliphatic rings. The molecule has 2 aromatic rings. The van der Waals surface area contributed by atoms with E-state index in [0.29, 0.717) is 12.6 Å². The van der Waals surface area contributed by atoms with Crippen LogP contribution in [0.2, 0.25) is 0 Å². The van der Waals surface area contributed by atoms with Crippen LogP contribution in [-0.2, 0) is 19.5 Å². The zero-order valence-electron chi connectivity index (χ0n) is 11.3. The fourth-order valence-corrected chi connectivity index (χ4v) is 2.05. The Morgan fingerprint density at radius 2 is 2.05 bits per heavy atom. The summed E-state index contributed by atoms with van der Waals surface area (Å²) < 4.78 is 1.76. The topological polar surface area (TPSA) is 50.1 Å². The molecule has 1 atom stereocenters. The van der Waals surface area contributed by atoms with Gasteiger partial charge < -0.3 is 10.4 Å². The first-order chi connectivity index (χ1) is 9.28. The minimum atomic E-state index is 0.124. The Hall–Kier alpha value is -1.65. The van der Waals surface area contributed by atoms with Crippen LogP contribution in [0.15, 0.2) is 42.7 Å². The zero-order valence-corrected chi connectivity index (χ0v) is 11.3. The number of benzene rings is 1. The van der Waals surface area contributed by atoms with Crippen LogP contribution < -0.4 is 5.32 Å². The van der Waals surface area contributed by atoms with Gasteiger partial charge in [0.05, 0.1) is 19.3 Å². The standard InChI is InChI=1S/C15H21N3O/c1-13(9-14-5-3-2-4-6-14)16-10-15-11-17-18(12-15)7-8-19/h2-6,11-13,16,19H,7-10H2,1H3. The fraction of sp³-hybridized carbons (Fsp3) is 0.400. The summed E-state index contributed by atoms with van der Waals surface area (Å²) in [7, 11) is 0. The second-order valence-electron chi connectivity index (χ2n) is 4.81. The molecular weight excluding hydrogens is 238 g/mol. The van der Waals surface area contributed by atoms with Gasteiger partial charge in [0.25, 0.3) is 0 Å². The molecule has 4 heteroatoms. The maximum absolute atomic E-state index is 8.83. The Morgan fingerprint density at radius 1 is 1.26 bits per heavy atom. The van der Waals surface area contributed by atoms with Crippen molar-refractivity contribution in [3.63, 3.8) is 0 Å². The molecule has 102 valence electrons. The number of aliphatic hydroxyl groups excluding tert-OH is 1. The van der Waals surface area contributed by atoms with Gasteiger partial charge in [-0.3, -0.25) is 4.68 Å². The Balaban J connectivity index is 1.78. The third kappa shape index (κ3) is 4.50. The van der Waals surface area contributed by atoms with E-state index in [0.717, 1.165) is 18.5 Å². The molecule has 0 aliphatic carbocycles. The number of aliphatic hydroxyl groups is 1. The molecule has 2 rings (SSSR count). The van der Waals surface area contributed by atoms with Crippen LogP contribution in [0.5, 0.6) is 0 Å². The van der Waals surface area contributed by atoms with E-state index in [9.17, 15) is 0 Å². The van der Waals surface area contributed by atoms with Gasteiger partial charge in [0.1, 0.15) is 0 Å². The SMILES string of the molecule is CC(Cc1ccccc1)NCc1cnn(CCO)c1. The molecule has 0 fully saturated rings. The van der Waals surface area contributed by atoms with Crippen molar-refractivity contribution < 1.29 is 5.11 Å². The van der Waals surface area contributed by atoms with E-state index in [1.165, 1.54) is 5.56 Å². The summed E-state index contributed by atoms with van der Waals surface area (Å²) in [6.45, 7) is 3.67. The molecular formula is C15H21N3O. The number of rotatable bonds is 7. The largest absolute Gasteiger partial charge is 0.394 e. The lowest BCUT2D eigenvalue weighted by Gasteiger charge is -2.13. The highest BCUT2D eigenvalue weighted by Gasteiger charge is 2.04. The van der Waals surface area contributed by atoms with Gasteiger partial charge >= 0.3 is 0 Å². The Labute approximate surface area is 114 Å². The van der Waals surface area contributed by atoms with E-state index in [1.807, 2.05) is 18.5 Å². The molecule has 1 unspecified atom stereocenters. The number of hydrogen-bond acceptors (Lipinski definition) is 3. The predicted octanol–water partition coefficient (Wildman–Crippen LogP) is 1.60. The summed E-state index contributed by atoms with van der Waals surface area (Å²) in [5, 5.41) is 16.5. The van der Waals surface area contributed by atoms with E-state index < -0.39 is 0 Å². The van der Waals surface area contributed by atoms with E-state index in [2.05, 4.69) is 41.6 Å². The highest BCUT2D eigenvalue weighted by molar-refractivity contribution is 5.15. The highest BCUT2D eigenvalue weighted by Crippen LogP contribution is 2.04. The first kappa shape index (κ1) is 13.8. The second-order valence-corrected chi connectivity index (χ2v) is 4.81. The molecule has 0 radical (unpaired) electrons. The summed E-state index contributed by atoms with van der Waals surface area (Å²) in [5.74, 6) is 0. The lowest BCUT2D eigenvalue weighted by atomic mass is 10.1. The van der Waals surface area contributed by atoms with Crippen LogP contribution in [0.25, 0.3) is 0 Å². The predicted molar refractivity (Wildman–Crippen MR) is 75.8 cm³/mol. The van der Waals surface area contributed by atoms with E-state index in [-0.39, 0.29) is 6.61 Å². The normalized spacial score (nSPS) is 12.5. The fourth-order valence-electron chi connectivity index (χ4n) is 2.05. The van der Waals surface area contributed by atoms with Crippen molar-refractivity contribution in [2.45, 2.75) is 32.5 Å². The molecule has 0 bridgehead atoms. The van der Waals surface area contributed by atoms with Gasteiger partial charge in [0, 0.05) is 24.3 Å². The van der Waals surface area contributed by atoms with Crippen LogP contribution in [-0.4, -0.2) is 27.5 Å². The third-order valence-corrected chi connectivity index (χ3v) is 3.06. The average Bonchev–Trinajstić information content (AvgIpc) is 2.86. The summed E-state index contributed by atoms with van der Waals surface area (Å²) in [4.78, 5) is 0. The van der Waals surface area contributed by atoms with Crippen molar-refractivity contribution in [1.29, 1.82) is 0 Å². The van der Waals surface area contributed by atoms with Crippen molar-refractivity contribution in [3.8, 4) is 0 Å². The van der Waals surface area contributed by atoms with Crippen molar-refractivity contribution in [1.82, 2.24) is 15.1 Å². The first-order valence-corrected chi connectivity index (χ1v) is 6.67. The second kappa shape index (κ2) is 7.07. The molecule has 2 N–H and O–H groups in total. The van der Waals surface area contributed by atoms with Crippen molar-refractivity contribution in [2.75, 3.05) is 6.61 Å². The number of hydrogen-bond donors (Lipinski definition) is 2. The monoisotopic (exact) mass is 259 g/mol. The lowest BCUT2D eigenvalue weighted by Crippen LogP contribution is -2.27. The highest BCUT2D eigenvalue weighted by atomic mass is 16.3. The number of nitrogens with zero attached hydrogens (tertiary/aromatic N) is 2. The molecule has 1 aromatic heterocycles. The smallest absolute Gasteiger partial charge is 0.0640 e. The maximum Gasteiger partial charge on any atom is 0.0640 e. The summed E-state index contributed by atoms with van der Waals surface area (Å²) >= 11 is 0. The van der Waals surface area contributed by atoms with Crippen LogP contribution in [0, 0.1) is 0 Å². The third-order valence-electron chi connectivity index (χ3n) is 3.06. The van der Waals surface area contributed by atoms with Gasteiger partial charge in [-0.05, 0) is 18.9 Å². The first-order valence-electron chi connectivity index (χ1n) is 6.67. The Morgan fingerprint density at radius 3 is 2.79 bits per heavy atom. The molecule has 0 saturated carbocycles. The summed E-state index contributed by atoms with van der Waals surface area (Å²) in [6, 6.07) is 10.9. The number of nitrogens with one attached hydrogen (secondary N) is 1. The zero-order chi connectivity index (χ0) is 13.5. The average molecular weight is 259 g/mol. The molecule has 0 spiro atoms. The van der Waals surface area contributed by atoms with Crippen molar-refractivity contribution in [3.05, 3.63) is 53.9 Å². The van der Waals surface area contributed by atoms with Gasteiger partial charge in [-0.2, -0.15) is 5.10 Å². The lowest BCUT2D eigenvalue weighted by molar-refractivity contribution is 0.269. The van der Waals surface area contributed by atoms with Crippen molar-refractivity contribution >= 4 is 0 Å². The quantitative estimate of drug-likeness (QED) is 0.794. The minimum absolute atomic E-state index is 0.124.